The second-order valence-corrected chi connectivity index (χ2v) is 8.22. The van der Waals surface area contributed by atoms with E-state index >= 15 is 0 Å². The zero-order valence-electron chi connectivity index (χ0n) is 16.4. The normalized spacial score (nSPS) is 11.4. The van der Waals surface area contributed by atoms with Gasteiger partial charge in [0.05, 0.1) is 16.8 Å². The van der Waals surface area contributed by atoms with Crippen molar-refractivity contribution < 1.29 is 13.2 Å². The van der Waals surface area contributed by atoms with E-state index in [1.54, 1.807) is 34.1 Å². The summed E-state index contributed by atoms with van der Waals surface area (Å²) >= 11 is 0. The standard InChI is InChI=1S/C21H24N4O3S/c1-3-24(4-2)21(26)18-10-12-20(13-11-18)29(27,28)23-15-17-14-22-25(16-17)19-8-6-5-7-9-19/h5-14,16,23H,3-4,15H2,1-2H3. The molecule has 0 atom stereocenters. The van der Waals surface area contributed by atoms with Gasteiger partial charge in [-0.3, -0.25) is 4.79 Å². The molecule has 0 saturated carbocycles. The lowest BCUT2D eigenvalue weighted by Crippen LogP contribution is -2.30. The van der Waals surface area contributed by atoms with Crippen molar-refractivity contribution in [3.63, 3.8) is 0 Å². The molecule has 1 heterocycles. The van der Waals surface area contributed by atoms with Crippen molar-refractivity contribution in [1.82, 2.24) is 19.4 Å². The van der Waals surface area contributed by atoms with Gasteiger partial charge < -0.3 is 4.90 Å². The Balaban J connectivity index is 1.67. The summed E-state index contributed by atoms with van der Waals surface area (Å²) in [6.45, 7) is 5.14. The summed E-state index contributed by atoms with van der Waals surface area (Å²) in [6, 6.07) is 15.6. The van der Waals surface area contributed by atoms with Gasteiger partial charge in [0, 0.05) is 37.0 Å². The Morgan fingerprint density at radius 3 is 2.31 bits per heavy atom. The van der Waals surface area contributed by atoms with E-state index in [4.69, 9.17) is 0 Å². The maximum atomic E-state index is 12.6. The molecule has 1 N–H and O–H groups in total. The molecule has 0 saturated heterocycles. The van der Waals surface area contributed by atoms with Gasteiger partial charge >= 0.3 is 0 Å². The summed E-state index contributed by atoms with van der Waals surface area (Å²) in [4.78, 5) is 14.2. The molecule has 0 aliphatic rings. The predicted molar refractivity (Wildman–Crippen MR) is 111 cm³/mol. The molecule has 1 amide bonds. The quantitative estimate of drug-likeness (QED) is 0.617. The fraction of sp³-hybridized carbons (Fsp3) is 0.238. The van der Waals surface area contributed by atoms with Crippen molar-refractivity contribution in [2.24, 2.45) is 0 Å². The van der Waals surface area contributed by atoms with Gasteiger partial charge in [-0.2, -0.15) is 5.10 Å². The van der Waals surface area contributed by atoms with E-state index in [1.807, 2.05) is 44.2 Å². The second-order valence-electron chi connectivity index (χ2n) is 6.46. The van der Waals surface area contributed by atoms with E-state index in [2.05, 4.69) is 9.82 Å². The maximum Gasteiger partial charge on any atom is 0.253 e. The number of para-hydroxylation sites is 1. The van der Waals surface area contributed by atoms with Crippen LogP contribution >= 0.6 is 0 Å². The highest BCUT2D eigenvalue weighted by Crippen LogP contribution is 2.14. The van der Waals surface area contributed by atoms with Crippen LogP contribution in [-0.2, 0) is 16.6 Å². The Kier molecular flexibility index (Phi) is 6.46. The molecule has 0 aliphatic carbocycles. The van der Waals surface area contributed by atoms with Crippen molar-refractivity contribution in [1.29, 1.82) is 0 Å². The summed E-state index contributed by atoms with van der Waals surface area (Å²) < 4.78 is 29.4. The number of sulfonamides is 1. The number of amides is 1. The minimum absolute atomic E-state index is 0.111. The number of hydrogen-bond acceptors (Lipinski definition) is 4. The molecule has 2 aromatic carbocycles. The first kappa shape index (κ1) is 20.8. The number of rotatable bonds is 8. The number of carbonyl (C=O) groups excluding carboxylic acids is 1. The van der Waals surface area contributed by atoms with Crippen LogP contribution in [0, 0.1) is 0 Å². The molecular weight excluding hydrogens is 388 g/mol. The first-order valence-corrected chi connectivity index (χ1v) is 10.9. The third-order valence-electron chi connectivity index (χ3n) is 4.59. The molecular formula is C21H24N4O3S. The molecule has 0 bridgehead atoms. The van der Waals surface area contributed by atoms with Crippen LogP contribution in [0.25, 0.3) is 5.69 Å². The number of aromatic nitrogens is 2. The maximum absolute atomic E-state index is 12.6. The number of carbonyl (C=O) groups is 1. The fourth-order valence-corrected chi connectivity index (χ4v) is 3.92. The van der Waals surface area contributed by atoms with Crippen LogP contribution in [0.3, 0.4) is 0 Å². The van der Waals surface area contributed by atoms with Crippen LogP contribution in [0.2, 0.25) is 0 Å². The molecule has 0 radical (unpaired) electrons. The molecule has 7 nitrogen and oxygen atoms in total. The van der Waals surface area contributed by atoms with Gasteiger partial charge in [-0.25, -0.2) is 17.8 Å². The summed E-state index contributed by atoms with van der Waals surface area (Å²) in [6.07, 6.45) is 3.41. The van der Waals surface area contributed by atoms with Gasteiger partial charge in [0.15, 0.2) is 0 Å². The van der Waals surface area contributed by atoms with Gasteiger partial charge in [-0.1, -0.05) is 18.2 Å². The van der Waals surface area contributed by atoms with Crippen LogP contribution in [-0.4, -0.2) is 42.1 Å². The van der Waals surface area contributed by atoms with E-state index in [9.17, 15) is 13.2 Å². The largest absolute Gasteiger partial charge is 0.339 e. The zero-order chi connectivity index (χ0) is 20.9. The van der Waals surface area contributed by atoms with Crippen molar-refractivity contribution in [2.75, 3.05) is 13.1 Å². The predicted octanol–water partition coefficient (Wildman–Crippen LogP) is 2.83. The van der Waals surface area contributed by atoms with E-state index < -0.39 is 10.0 Å². The third kappa shape index (κ3) is 4.90. The molecule has 0 unspecified atom stereocenters. The molecule has 1 aromatic heterocycles. The molecule has 29 heavy (non-hydrogen) atoms. The van der Waals surface area contributed by atoms with Crippen molar-refractivity contribution in [3.05, 3.63) is 78.1 Å². The molecule has 8 heteroatoms. The van der Waals surface area contributed by atoms with Crippen molar-refractivity contribution in [2.45, 2.75) is 25.3 Å². The Labute approximate surface area is 171 Å². The second kappa shape index (κ2) is 9.02. The summed E-state index contributed by atoms with van der Waals surface area (Å²) in [5.74, 6) is -0.111. The van der Waals surface area contributed by atoms with Crippen LogP contribution < -0.4 is 4.72 Å². The van der Waals surface area contributed by atoms with Gasteiger partial charge in [-0.15, -0.1) is 0 Å². The minimum atomic E-state index is -3.70. The number of hydrogen-bond donors (Lipinski definition) is 1. The number of benzene rings is 2. The highest BCUT2D eigenvalue weighted by Gasteiger charge is 2.17. The monoisotopic (exact) mass is 412 g/mol. The van der Waals surface area contributed by atoms with Crippen molar-refractivity contribution in [3.8, 4) is 5.69 Å². The lowest BCUT2D eigenvalue weighted by molar-refractivity contribution is 0.0773. The molecule has 0 aliphatic heterocycles. The summed E-state index contributed by atoms with van der Waals surface area (Å²) in [5, 5.41) is 4.26. The Bertz CT molecular complexity index is 1060. The molecule has 0 fully saturated rings. The minimum Gasteiger partial charge on any atom is -0.339 e. The first-order valence-electron chi connectivity index (χ1n) is 9.42. The van der Waals surface area contributed by atoms with Crippen LogP contribution in [0.15, 0.2) is 71.9 Å². The van der Waals surface area contributed by atoms with Crippen LogP contribution in [0.4, 0.5) is 0 Å². The highest BCUT2D eigenvalue weighted by atomic mass is 32.2. The Hall–Kier alpha value is -2.97. The smallest absolute Gasteiger partial charge is 0.253 e. The first-order chi connectivity index (χ1) is 13.9. The van der Waals surface area contributed by atoms with E-state index in [1.165, 1.54) is 12.1 Å². The third-order valence-corrected chi connectivity index (χ3v) is 6.00. The van der Waals surface area contributed by atoms with E-state index in [-0.39, 0.29) is 17.3 Å². The van der Waals surface area contributed by atoms with Gasteiger partial charge in [0.2, 0.25) is 10.0 Å². The molecule has 0 spiro atoms. The molecule has 152 valence electrons. The topological polar surface area (TPSA) is 84.3 Å². The lowest BCUT2D eigenvalue weighted by Gasteiger charge is -2.18. The van der Waals surface area contributed by atoms with Crippen LogP contribution in [0.5, 0.6) is 0 Å². The summed E-state index contributed by atoms with van der Waals surface area (Å²) in [5.41, 5.74) is 2.11. The fourth-order valence-electron chi connectivity index (χ4n) is 2.91. The molecule has 3 aromatic rings. The van der Waals surface area contributed by atoms with Gasteiger partial charge in [0.1, 0.15) is 0 Å². The van der Waals surface area contributed by atoms with Crippen LogP contribution in [0.1, 0.15) is 29.8 Å². The summed E-state index contributed by atoms with van der Waals surface area (Å²) in [7, 11) is -3.70. The highest BCUT2D eigenvalue weighted by molar-refractivity contribution is 7.89. The Morgan fingerprint density at radius 2 is 1.69 bits per heavy atom. The zero-order valence-corrected chi connectivity index (χ0v) is 17.3. The van der Waals surface area contributed by atoms with E-state index in [0.717, 1.165) is 11.3 Å². The average molecular weight is 413 g/mol. The Morgan fingerprint density at radius 1 is 1.03 bits per heavy atom. The van der Waals surface area contributed by atoms with Gasteiger partial charge in [0.25, 0.3) is 5.91 Å². The van der Waals surface area contributed by atoms with Crippen molar-refractivity contribution >= 4 is 15.9 Å². The lowest BCUT2D eigenvalue weighted by atomic mass is 10.2. The number of nitrogens with zero attached hydrogens (tertiary/aromatic N) is 3. The molecule has 3 rings (SSSR count). The number of nitrogens with one attached hydrogen (secondary N) is 1. The van der Waals surface area contributed by atoms with Gasteiger partial charge in [-0.05, 0) is 50.2 Å². The average Bonchev–Trinajstić information content (AvgIpc) is 3.23. The van der Waals surface area contributed by atoms with E-state index in [0.29, 0.717) is 18.7 Å². The SMILES string of the molecule is CCN(CC)C(=O)c1ccc(S(=O)(=O)NCc2cnn(-c3ccccc3)c2)cc1.